The molecule has 0 fully saturated rings. The number of hydrogen-bond donors (Lipinski definition) is 1. The smallest absolute Gasteiger partial charge is 0.265 e. The molecule has 0 aliphatic heterocycles. The first-order chi connectivity index (χ1) is 11.3. The Kier molecular flexibility index (Phi) is 3.32. The van der Waals surface area contributed by atoms with Gasteiger partial charge in [-0.25, -0.2) is 0 Å². The van der Waals surface area contributed by atoms with Gasteiger partial charge in [0.15, 0.2) is 5.65 Å². The number of nitrogens with one attached hydrogen (secondary N) is 1. The fourth-order valence-corrected chi connectivity index (χ4v) is 2.86. The van der Waals surface area contributed by atoms with Crippen LogP contribution in [0.1, 0.15) is 9.67 Å². The van der Waals surface area contributed by atoms with E-state index < -0.39 is 0 Å². The van der Waals surface area contributed by atoms with Crippen molar-refractivity contribution in [3.8, 4) is 11.3 Å². The average molecular weight is 321 g/mol. The summed E-state index contributed by atoms with van der Waals surface area (Å²) in [4.78, 5) is 12.8. The summed E-state index contributed by atoms with van der Waals surface area (Å²) in [5.41, 5.74) is 3.11. The first-order valence-corrected chi connectivity index (χ1v) is 7.80. The largest absolute Gasteiger partial charge is 0.321 e. The monoisotopic (exact) mass is 321 g/mol. The van der Waals surface area contributed by atoms with Crippen molar-refractivity contribution in [3.05, 3.63) is 65.1 Å². The molecule has 1 amide bonds. The van der Waals surface area contributed by atoms with Gasteiger partial charge in [-0.1, -0.05) is 18.2 Å². The van der Waals surface area contributed by atoms with Gasteiger partial charge >= 0.3 is 0 Å². The summed E-state index contributed by atoms with van der Waals surface area (Å²) in [7, 11) is 0. The average Bonchev–Trinajstić information content (AvgIpc) is 3.26. The highest BCUT2D eigenvalue weighted by atomic mass is 32.1. The first kappa shape index (κ1) is 13.6. The Balaban J connectivity index is 1.64. The molecule has 1 N–H and O–H groups in total. The van der Waals surface area contributed by atoms with E-state index in [1.807, 2.05) is 47.8 Å². The fourth-order valence-electron chi connectivity index (χ4n) is 2.24. The molecule has 3 aromatic heterocycles. The lowest BCUT2D eigenvalue weighted by molar-refractivity contribution is 0.103. The molecular formula is C16H11N5OS. The van der Waals surface area contributed by atoms with Crippen LogP contribution >= 0.6 is 11.3 Å². The van der Waals surface area contributed by atoms with Crippen molar-refractivity contribution in [2.24, 2.45) is 0 Å². The van der Waals surface area contributed by atoms with Gasteiger partial charge in [0.2, 0.25) is 0 Å². The maximum atomic E-state index is 12.1. The van der Waals surface area contributed by atoms with Gasteiger partial charge in [-0.15, -0.1) is 21.5 Å². The molecular weight excluding hydrogens is 310 g/mol. The van der Waals surface area contributed by atoms with Gasteiger partial charge in [-0.05, 0) is 35.7 Å². The van der Waals surface area contributed by atoms with E-state index in [0.29, 0.717) is 10.5 Å². The van der Waals surface area contributed by atoms with E-state index in [9.17, 15) is 4.79 Å². The third-order valence-electron chi connectivity index (χ3n) is 3.32. The van der Waals surface area contributed by atoms with Crippen molar-refractivity contribution in [2.75, 3.05) is 5.32 Å². The van der Waals surface area contributed by atoms with Crippen LogP contribution in [-0.4, -0.2) is 25.7 Å². The van der Waals surface area contributed by atoms with Crippen molar-refractivity contribution in [1.29, 1.82) is 0 Å². The molecule has 4 aromatic rings. The number of carbonyl (C=O) groups is 1. The summed E-state index contributed by atoms with van der Waals surface area (Å²) in [6.07, 6.45) is 1.56. The maximum Gasteiger partial charge on any atom is 0.265 e. The highest BCUT2D eigenvalue weighted by Gasteiger charge is 2.08. The Morgan fingerprint density at radius 2 is 2.09 bits per heavy atom. The number of fused-ring (bicyclic) bond motifs is 1. The number of nitrogens with zero attached hydrogens (tertiary/aromatic N) is 4. The second-order valence-electron chi connectivity index (χ2n) is 4.86. The number of hydrogen-bond acceptors (Lipinski definition) is 5. The normalized spacial score (nSPS) is 10.8. The maximum absolute atomic E-state index is 12.1. The Morgan fingerprint density at radius 1 is 1.13 bits per heavy atom. The van der Waals surface area contributed by atoms with Crippen molar-refractivity contribution >= 4 is 28.6 Å². The van der Waals surface area contributed by atoms with Crippen LogP contribution in [0, 0.1) is 0 Å². The molecule has 7 heteroatoms. The second-order valence-corrected chi connectivity index (χ2v) is 5.81. The van der Waals surface area contributed by atoms with Crippen molar-refractivity contribution < 1.29 is 4.79 Å². The lowest BCUT2D eigenvalue weighted by Gasteiger charge is -2.06. The molecule has 0 spiro atoms. The number of amides is 1. The quantitative estimate of drug-likeness (QED) is 0.629. The molecule has 0 aliphatic rings. The number of anilines is 1. The van der Waals surface area contributed by atoms with Gasteiger partial charge < -0.3 is 5.32 Å². The van der Waals surface area contributed by atoms with Gasteiger partial charge in [0.1, 0.15) is 6.33 Å². The summed E-state index contributed by atoms with van der Waals surface area (Å²) in [5.74, 6) is -0.112. The lowest BCUT2D eigenvalue weighted by atomic mass is 10.1. The minimum absolute atomic E-state index is 0.112. The molecule has 0 unspecified atom stereocenters. The number of thiophene rings is 1. The summed E-state index contributed by atoms with van der Waals surface area (Å²) in [5, 5.41) is 17.0. The minimum atomic E-state index is -0.112. The standard InChI is InChI=1S/C16H11N5OS/c22-16(14-5-2-8-23-14)18-12-4-1-3-11(9-12)13-6-7-15-19-17-10-21(15)20-13/h1-10H,(H,18,22). The molecule has 6 nitrogen and oxygen atoms in total. The van der Waals surface area contributed by atoms with E-state index in [1.54, 1.807) is 16.9 Å². The summed E-state index contributed by atoms with van der Waals surface area (Å²) < 4.78 is 1.62. The van der Waals surface area contributed by atoms with Crippen LogP contribution in [0.5, 0.6) is 0 Å². The summed E-state index contributed by atoms with van der Waals surface area (Å²) in [6, 6.07) is 15.0. The van der Waals surface area contributed by atoms with E-state index >= 15 is 0 Å². The van der Waals surface area contributed by atoms with Crippen LogP contribution in [0.3, 0.4) is 0 Å². The van der Waals surface area contributed by atoms with Crippen LogP contribution in [0.2, 0.25) is 0 Å². The number of carbonyl (C=O) groups excluding carboxylic acids is 1. The molecule has 4 rings (SSSR count). The zero-order chi connectivity index (χ0) is 15.6. The molecule has 112 valence electrons. The van der Waals surface area contributed by atoms with Gasteiger partial charge in [0.05, 0.1) is 10.6 Å². The molecule has 0 saturated carbocycles. The zero-order valence-electron chi connectivity index (χ0n) is 11.9. The summed E-state index contributed by atoms with van der Waals surface area (Å²) in [6.45, 7) is 0. The number of rotatable bonds is 3. The van der Waals surface area contributed by atoms with Crippen molar-refractivity contribution in [1.82, 2.24) is 19.8 Å². The van der Waals surface area contributed by atoms with Gasteiger partial charge in [0.25, 0.3) is 5.91 Å². The van der Waals surface area contributed by atoms with Gasteiger partial charge in [-0.2, -0.15) is 9.61 Å². The molecule has 3 heterocycles. The Bertz CT molecular complexity index is 977. The van der Waals surface area contributed by atoms with E-state index in [-0.39, 0.29) is 5.91 Å². The molecule has 0 aliphatic carbocycles. The van der Waals surface area contributed by atoms with E-state index in [1.165, 1.54) is 11.3 Å². The van der Waals surface area contributed by atoms with Crippen LogP contribution in [0.25, 0.3) is 16.9 Å². The zero-order valence-corrected chi connectivity index (χ0v) is 12.7. The molecule has 1 aromatic carbocycles. The van der Waals surface area contributed by atoms with Crippen LogP contribution in [-0.2, 0) is 0 Å². The minimum Gasteiger partial charge on any atom is -0.321 e. The molecule has 0 radical (unpaired) electrons. The first-order valence-electron chi connectivity index (χ1n) is 6.92. The second kappa shape index (κ2) is 5.62. The number of aromatic nitrogens is 4. The Hall–Kier alpha value is -3.06. The molecule has 0 saturated heterocycles. The Labute approximate surface area is 135 Å². The molecule has 0 bridgehead atoms. The molecule has 23 heavy (non-hydrogen) atoms. The lowest BCUT2D eigenvalue weighted by Crippen LogP contribution is -2.10. The van der Waals surface area contributed by atoms with E-state index in [4.69, 9.17) is 0 Å². The van der Waals surface area contributed by atoms with Gasteiger partial charge in [-0.3, -0.25) is 4.79 Å². The Morgan fingerprint density at radius 3 is 2.96 bits per heavy atom. The predicted molar refractivity (Wildman–Crippen MR) is 88.5 cm³/mol. The number of benzene rings is 1. The van der Waals surface area contributed by atoms with Crippen LogP contribution < -0.4 is 5.32 Å². The van der Waals surface area contributed by atoms with Crippen molar-refractivity contribution in [3.63, 3.8) is 0 Å². The third-order valence-corrected chi connectivity index (χ3v) is 4.19. The highest BCUT2D eigenvalue weighted by Crippen LogP contribution is 2.22. The van der Waals surface area contributed by atoms with Crippen molar-refractivity contribution in [2.45, 2.75) is 0 Å². The predicted octanol–water partition coefficient (Wildman–Crippen LogP) is 3.11. The summed E-state index contributed by atoms with van der Waals surface area (Å²) >= 11 is 1.41. The highest BCUT2D eigenvalue weighted by molar-refractivity contribution is 7.12. The van der Waals surface area contributed by atoms with Gasteiger partial charge in [0, 0.05) is 11.3 Å². The topological polar surface area (TPSA) is 72.2 Å². The fraction of sp³-hybridized carbons (Fsp3) is 0. The molecule has 0 atom stereocenters. The van der Waals surface area contributed by atoms with E-state index in [2.05, 4.69) is 20.6 Å². The third kappa shape index (κ3) is 2.69. The van der Waals surface area contributed by atoms with Crippen LogP contribution in [0.4, 0.5) is 5.69 Å². The van der Waals surface area contributed by atoms with E-state index in [0.717, 1.165) is 16.9 Å². The van der Waals surface area contributed by atoms with Crippen LogP contribution in [0.15, 0.2) is 60.2 Å². The SMILES string of the molecule is O=C(Nc1cccc(-c2ccc3nncn3n2)c1)c1cccs1.